The molecule has 6 aliphatic rings. The Hall–Kier alpha value is -8.45. The summed E-state index contributed by atoms with van der Waals surface area (Å²) in [4.78, 5) is 2.60. The largest absolute Gasteiger partial charge is 0.456 e. The monoisotopic (exact) mass is 960 g/mol. The average molecular weight is 961 g/mol. The van der Waals surface area contributed by atoms with Crippen molar-refractivity contribution in [3.8, 4) is 50.6 Å². The van der Waals surface area contributed by atoms with E-state index in [9.17, 15) is 5.26 Å². The standard InChI is InChI=1S/C72H52N2O/c1-71(2)62-15-5-3-13-54(62)55-27-22-51(36-63(55)71)74(52-23-28-58-57-14-4-6-16-67(57)75-68(58)37-52)66-39-65-60(38-61(66)53-24-19-46-18-17-44-10-8-11-45-20-26-59(53)70(46)69(44)45)56-25-21-48(47-12-7-9-41(30-47)40-73)35-64(56)72(65)49-31-42-29-43(33-49)34-50(72)32-42/h3-28,30,35-39,42-43,49-50H,29,31-34H2,1-2H3. The lowest BCUT2D eigenvalue weighted by atomic mass is 9.43. The van der Waals surface area contributed by atoms with E-state index in [0.29, 0.717) is 17.4 Å². The van der Waals surface area contributed by atoms with Gasteiger partial charge < -0.3 is 9.32 Å². The van der Waals surface area contributed by atoms with Crippen LogP contribution in [0, 0.1) is 35.0 Å². The van der Waals surface area contributed by atoms with Gasteiger partial charge in [-0.2, -0.15) is 5.26 Å². The molecule has 11 aromatic carbocycles. The number of furan rings is 1. The van der Waals surface area contributed by atoms with Gasteiger partial charge in [-0.25, -0.2) is 0 Å². The molecule has 0 radical (unpaired) electrons. The lowest BCUT2D eigenvalue weighted by Gasteiger charge is -2.61. The fraction of sp³-hybridized carbons (Fsp3) is 0.181. The number of benzene rings is 11. The van der Waals surface area contributed by atoms with E-state index in [0.717, 1.165) is 50.7 Å². The Morgan fingerprint density at radius 3 is 1.91 bits per heavy atom. The fourth-order valence-electron chi connectivity index (χ4n) is 16.7. The zero-order chi connectivity index (χ0) is 49.5. The second-order valence-corrected chi connectivity index (χ2v) is 23.5. The molecular formula is C72H52N2O. The first kappa shape index (κ1) is 42.0. The first-order chi connectivity index (χ1) is 36.8. The second kappa shape index (κ2) is 14.9. The molecule has 4 saturated carbocycles. The number of hydrogen-bond acceptors (Lipinski definition) is 3. The van der Waals surface area contributed by atoms with Crippen LogP contribution in [-0.2, 0) is 10.8 Å². The van der Waals surface area contributed by atoms with E-state index in [1.807, 2.05) is 12.1 Å². The molecule has 0 unspecified atom stereocenters. The van der Waals surface area contributed by atoms with Gasteiger partial charge in [0.1, 0.15) is 11.2 Å². The average Bonchev–Trinajstić information content (AvgIpc) is 4.23. The minimum absolute atomic E-state index is 0.146. The molecule has 4 bridgehead atoms. The van der Waals surface area contributed by atoms with Crippen molar-refractivity contribution in [2.24, 2.45) is 23.7 Å². The number of fused-ring (bicyclic) bond motifs is 9. The summed E-state index contributed by atoms with van der Waals surface area (Å²) in [5.74, 6) is 2.68. The van der Waals surface area contributed by atoms with Crippen LogP contribution < -0.4 is 4.90 Å². The first-order valence-corrected chi connectivity index (χ1v) is 27.3. The maximum Gasteiger partial charge on any atom is 0.137 e. The topological polar surface area (TPSA) is 40.2 Å². The number of anilines is 3. The molecule has 0 saturated heterocycles. The molecule has 18 rings (SSSR count). The SMILES string of the molecule is CC1(C)c2ccccc2-c2ccc(N(c3ccc4c(c3)oc3ccccc34)c3cc4c(cc3-c3ccc5ccc6cccc7ccc3c5c67)-c3ccc(-c5cccc(C#N)c5)cc3C43C4CC5CC(C4)CC3C5)cc21. The number of nitrogens with zero attached hydrogens (tertiary/aromatic N) is 2. The Kier molecular flexibility index (Phi) is 8.32. The van der Waals surface area contributed by atoms with Crippen molar-refractivity contribution < 1.29 is 4.42 Å². The second-order valence-electron chi connectivity index (χ2n) is 23.5. The number of hydrogen-bond donors (Lipinski definition) is 0. The summed E-state index contributed by atoms with van der Waals surface area (Å²) in [6, 6.07) is 75.9. The molecule has 3 heteroatoms. The van der Waals surface area contributed by atoms with Crippen molar-refractivity contribution in [3.05, 3.63) is 222 Å². The van der Waals surface area contributed by atoms with Crippen LogP contribution in [0.4, 0.5) is 17.1 Å². The highest BCUT2D eigenvalue weighted by molar-refractivity contribution is 6.26. The summed E-state index contributed by atoms with van der Waals surface area (Å²) in [7, 11) is 0. The van der Waals surface area contributed by atoms with E-state index in [1.165, 1.54) is 131 Å². The molecule has 3 nitrogen and oxygen atoms in total. The molecule has 1 aromatic heterocycles. The van der Waals surface area contributed by atoms with E-state index < -0.39 is 0 Å². The van der Waals surface area contributed by atoms with E-state index in [2.05, 4.69) is 207 Å². The Morgan fingerprint density at radius 1 is 0.440 bits per heavy atom. The van der Waals surface area contributed by atoms with Gasteiger partial charge in [0.25, 0.3) is 0 Å². The zero-order valence-electron chi connectivity index (χ0n) is 42.1. The van der Waals surface area contributed by atoms with Crippen LogP contribution in [0.3, 0.4) is 0 Å². The van der Waals surface area contributed by atoms with Gasteiger partial charge in [-0.1, -0.05) is 141 Å². The number of rotatable bonds is 5. The maximum atomic E-state index is 10.1. The molecule has 12 aromatic rings. The highest BCUT2D eigenvalue weighted by Crippen LogP contribution is 2.70. The molecule has 0 aliphatic heterocycles. The molecule has 75 heavy (non-hydrogen) atoms. The third-order valence-corrected chi connectivity index (χ3v) is 19.6. The molecule has 0 atom stereocenters. The highest BCUT2D eigenvalue weighted by Gasteiger charge is 2.62. The minimum atomic E-state index is -0.195. The van der Waals surface area contributed by atoms with E-state index in [4.69, 9.17) is 4.42 Å². The summed E-state index contributed by atoms with van der Waals surface area (Å²) >= 11 is 0. The van der Waals surface area contributed by atoms with Gasteiger partial charge in [0, 0.05) is 44.6 Å². The van der Waals surface area contributed by atoms with Gasteiger partial charge in [-0.15, -0.1) is 0 Å². The third-order valence-electron chi connectivity index (χ3n) is 19.6. The van der Waals surface area contributed by atoms with Crippen molar-refractivity contribution >= 4 is 71.3 Å². The molecule has 356 valence electrons. The quantitative estimate of drug-likeness (QED) is 0.161. The van der Waals surface area contributed by atoms with Crippen LogP contribution >= 0.6 is 0 Å². The van der Waals surface area contributed by atoms with Crippen molar-refractivity contribution in [2.45, 2.75) is 56.8 Å². The van der Waals surface area contributed by atoms with Crippen LogP contribution in [0.5, 0.6) is 0 Å². The molecule has 6 aliphatic carbocycles. The predicted molar refractivity (Wildman–Crippen MR) is 309 cm³/mol. The van der Waals surface area contributed by atoms with Crippen molar-refractivity contribution in [1.29, 1.82) is 5.26 Å². The van der Waals surface area contributed by atoms with Crippen LogP contribution in [-0.4, -0.2) is 0 Å². The van der Waals surface area contributed by atoms with Crippen molar-refractivity contribution in [1.82, 2.24) is 0 Å². The fourth-order valence-corrected chi connectivity index (χ4v) is 16.7. The Bertz CT molecular complexity index is 4460. The van der Waals surface area contributed by atoms with Gasteiger partial charge in [-0.3, -0.25) is 0 Å². The van der Waals surface area contributed by atoms with Crippen molar-refractivity contribution in [3.63, 3.8) is 0 Å². The van der Waals surface area contributed by atoms with Gasteiger partial charge >= 0.3 is 0 Å². The molecule has 0 N–H and O–H groups in total. The summed E-state index contributed by atoms with van der Waals surface area (Å²) in [5.41, 5.74) is 21.4. The number of nitriles is 1. The Morgan fingerprint density at radius 2 is 1.07 bits per heavy atom. The van der Waals surface area contributed by atoms with E-state index in [1.54, 1.807) is 0 Å². The van der Waals surface area contributed by atoms with Gasteiger partial charge in [-0.05, 0) is 210 Å². The molecule has 1 heterocycles. The van der Waals surface area contributed by atoms with Crippen molar-refractivity contribution in [2.75, 3.05) is 4.90 Å². The predicted octanol–water partition coefficient (Wildman–Crippen LogP) is 19.2. The first-order valence-electron chi connectivity index (χ1n) is 27.3. The molecular weight excluding hydrogens is 909 g/mol. The van der Waals surface area contributed by atoms with Gasteiger partial charge in [0.2, 0.25) is 0 Å². The van der Waals surface area contributed by atoms with Crippen LogP contribution in [0.2, 0.25) is 0 Å². The maximum absolute atomic E-state index is 10.1. The summed E-state index contributed by atoms with van der Waals surface area (Å²) in [6.07, 6.45) is 6.50. The molecule has 1 spiro atoms. The Balaban J connectivity index is 0.992. The zero-order valence-corrected chi connectivity index (χ0v) is 42.1. The van der Waals surface area contributed by atoms with Crippen LogP contribution in [0.1, 0.15) is 73.8 Å². The summed E-state index contributed by atoms with van der Waals surface area (Å²) in [6.45, 7) is 4.80. The molecule has 0 amide bonds. The van der Waals surface area contributed by atoms with E-state index in [-0.39, 0.29) is 10.8 Å². The van der Waals surface area contributed by atoms with Gasteiger partial charge in [0.05, 0.1) is 17.3 Å². The summed E-state index contributed by atoms with van der Waals surface area (Å²) < 4.78 is 6.79. The minimum Gasteiger partial charge on any atom is -0.456 e. The lowest BCUT2D eigenvalue weighted by Crippen LogP contribution is -2.55. The van der Waals surface area contributed by atoms with Crippen LogP contribution in [0.25, 0.3) is 98.8 Å². The number of para-hydroxylation sites is 1. The Labute approximate surface area is 436 Å². The highest BCUT2D eigenvalue weighted by atomic mass is 16.3. The van der Waals surface area contributed by atoms with E-state index >= 15 is 0 Å². The third kappa shape index (κ3) is 5.59. The van der Waals surface area contributed by atoms with Crippen LogP contribution in [0.15, 0.2) is 199 Å². The lowest BCUT2D eigenvalue weighted by molar-refractivity contribution is -0.0399. The summed E-state index contributed by atoms with van der Waals surface area (Å²) in [5, 5.41) is 20.0. The smallest absolute Gasteiger partial charge is 0.137 e. The molecule has 4 fully saturated rings. The normalized spacial score (nSPS) is 21.3. The van der Waals surface area contributed by atoms with Gasteiger partial charge in [0.15, 0.2) is 0 Å².